The quantitative estimate of drug-likeness (QED) is 0.680. The van der Waals surface area contributed by atoms with E-state index >= 15 is 0 Å². The maximum absolute atomic E-state index is 14.0. The van der Waals surface area contributed by atoms with E-state index in [4.69, 9.17) is 11.6 Å². The molecule has 1 amide bonds. The molecule has 1 saturated heterocycles. The van der Waals surface area contributed by atoms with Crippen molar-refractivity contribution < 1.29 is 17.6 Å². The fourth-order valence-corrected chi connectivity index (χ4v) is 5.98. The molecule has 3 rings (SSSR count). The Labute approximate surface area is 188 Å². The Morgan fingerprint density at radius 2 is 1.90 bits per heavy atom. The zero-order chi connectivity index (χ0) is 22.8. The van der Waals surface area contributed by atoms with Gasteiger partial charge in [-0.05, 0) is 56.9 Å². The normalized spacial score (nSPS) is 16.8. The number of amides is 1. The number of halogens is 2. The molecule has 31 heavy (non-hydrogen) atoms. The van der Waals surface area contributed by atoms with Crippen LogP contribution < -0.4 is 5.32 Å². The highest BCUT2D eigenvalue weighted by atomic mass is 35.5. The number of nitrogens with zero attached hydrogens (tertiary/aromatic N) is 1. The Hall–Kier alpha value is -1.96. The molecule has 0 aromatic heterocycles. The van der Waals surface area contributed by atoms with Gasteiger partial charge in [0.05, 0.1) is 11.8 Å². The first-order chi connectivity index (χ1) is 14.6. The smallest absolute Gasteiger partial charge is 0.223 e. The van der Waals surface area contributed by atoms with Crippen molar-refractivity contribution in [3.05, 3.63) is 69.5 Å². The van der Waals surface area contributed by atoms with Crippen molar-refractivity contribution >= 4 is 27.5 Å². The number of piperidine rings is 1. The molecule has 0 radical (unpaired) electrons. The fraction of sp³-hybridized carbons (Fsp3) is 0.435. The van der Waals surface area contributed by atoms with Crippen LogP contribution in [0.25, 0.3) is 0 Å². The van der Waals surface area contributed by atoms with Gasteiger partial charge in [0, 0.05) is 29.6 Å². The minimum Gasteiger partial charge on any atom is -0.349 e. The van der Waals surface area contributed by atoms with Gasteiger partial charge in [-0.2, -0.15) is 0 Å². The van der Waals surface area contributed by atoms with Crippen molar-refractivity contribution in [2.45, 2.75) is 45.4 Å². The average Bonchev–Trinajstić information content (AvgIpc) is 2.71. The summed E-state index contributed by atoms with van der Waals surface area (Å²) in [6.45, 7) is 6.46. The van der Waals surface area contributed by atoms with Gasteiger partial charge in [-0.3, -0.25) is 4.79 Å². The molecular formula is C23H28ClFN2O3S. The molecule has 168 valence electrons. The highest BCUT2D eigenvalue weighted by Crippen LogP contribution is 2.27. The number of sulfonamides is 1. The van der Waals surface area contributed by atoms with Crippen LogP contribution in [-0.4, -0.2) is 31.7 Å². The molecular weight excluding hydrogens is 439 g/mol. The molecule has 8 heteroatoms. The second kappa shape index (κ2) is 9.67. The van der Waals surface area contributed by atoms with E-state index in [1.807, 2.05) is 32.9 Å². The molecule has 1 atom stereocenters. The van der Waals surface area contributed by atoms with Gasteiger partial charge in [-0.15, -0.1) is 0 Å². The Morgan fingerprint density at radius 1 is 1.23 bits per heavy atom. The molecule has 1 aliphatic heterocycles. The number of nitrogens with one attached hydrogen (secondary N) is 1. The van der Waals surface area contributed by atoms with Crippen molar-refractivity contribution in [2.24, 2.45) is 5.92 Å². The maximum atomic E-state index is 14.0. The van der Waals surface area contributed by atoms with Crippen molar-refractivity contribution in [1.82, 2.24) is 9.62 Å². The van der Waals surface area contributed by atoms with Crippen molar-refractivity contribution in [3.63, 3.8) is 0 Å². The highest BCUT2D eigenvalue weighted by Gasteiger charge is 2.32. The van der Waals surface area contributed by atoms with E-state index in [2.05, 4.69) is 11.4 Å². The van der Waals surface area contributed by atoms with Gasteiger partial charge in [0.2, 0.25) is 15.9 Å². The molecule has 1 fully saturated rings. The number of aryl methyl sites for hydroxylation is 2. The van der Waals surface area contributed by atoms with E-state index in [0.717, 1.165) is 11.1 Å². The standard InChI is InChI=1S/C23H28ClFN2O3S/c1-15-7-8-19(16(2)13-15)17(3)26-23(28)18-9-11-27(12-10-18)31(29,30)14-20-21(24)5-4-6-22(20)25/h4-8,13,17-18H,9-12,14H2,1-3H3,(H,26,28)/t17-/m0/s1. The zero-order valence-corrected chi connectivity index (χ0v) is 19.6. The first kappa shape index (κ1) is 23.7. The van der Waals surface area contributed by atoms with E-state index in [1.54, 1.807) is 0 Å². The number of benzene rings is 2. The minimum atomic E-state index is -3.73. The lowest BCUT2D eigenvalue weighted by Gasteiger charge is -2.31. The summed E-state index contributed by atoms with van der Waals surface area (Å²) in [6.07, 6.45) is 0.853. The topological polar surface area (TPSA) is 66.5 Å². The third-order valence-electron chi connectivity index (χ3n) is 5.86. The summed E-state index contributed by atoms with van der Waals surface area (Å²) >= 11 is 5.98. The van der Waals surface area contributed by atoms with Crippen LogP contribution in [0, 0.1) is 25.6 Å². The van der Waals surface area contributed by atoms with Crippen LogP contribution >= 0.6 is 11.6 Å². The molecule has 0 unspecified atom stereocenters. The molecule has 2 aromatic rings. The number of rotatable bonds is 6. The van der Waals surface area contributed by atoms with Gasteiger partial charge in [0.25, 0.3) is 0 Å². The van der Waals surface area contributed by atoms with E-state index < -0.39 is 21.6 Å². The highest BCUT2D eigenvalue weighted by molar-refractivity contribution is 7.88. The molecule has 1 heterocycles. The second-order valence-corrected chi connectivity index (χ2v) is 10.6. The summed E-state index contributed by atoms with van der Waals surface area (Å²) < 4.78 is 40.9. The van der Waals surface area contributed by atoms with Crippen LogP contribution in [0.2, 0.25) is 5.02 Å². The lowest BCUT2D eigenvalue weighted by atomic mass is 9.95. The molecule has 0 spiro atoms. The number of hydrogen-bond donors (Lipinski definition) is 1. The predicted molar refractivity (Wildman–Crippen MR) is 121 cm³/mol. The lowest BCUT2D eigenvalue weighted by molar-refractivity contribution is -0.126. The first-order valence-electron chi connectivity index (χ1n) is 10.4. The van der Waals surface area contributed by atoms with Gasteiger partial charge >= 0.3 is 0 Å². The average molecular weight is 467 g/mol. The van der Waals surface area contributed by atoms with Gasteiger partial charge in [0.1, 0.15) is 5.82 Å². The lowest BCUT2D eigenvalue weighted by Crippen LogP contribution is -2.43. The van der Waals surface area contributed by atoms with Gasteiger partial charge < -0.3 is 5.32 Å². The van der Waals surface area contributed by atoms with Crippen molar-refractivity contribution in [1.29, 1.82) is 0 Å². The van der Waals surface area contributed by atoms with E-state index in [1.165, 1.54) is 28.1 Å². The summed E-state index contributed by atoms with van der Waals surface area (Å²) in [5.74, 6) is -1.44. The first-order valence-corrected chi connectivity index (χ1v) is 12.4. The summed E-state index contributed by atoms with van der Waals surface area (Å²) in [4.78, 5) is 12.8. The zero-order valence-electron chi connectivity index (χ0n) is 18.0. The second-order valence-electron chi connectivity index (χ2n) is 8.22. The van der Waals surface area contributed by atoms with Crippen molar-refractivity contribution in [2.75, 3.05) is 13.1 Å². The van der Waals surface area contributed by atoms with Crippen LogP contribution in [0.1, 0.15) is 48.1 Å². The fourth-order valence-electron chi connectivity index (χ4n) is 4.06. The molecule has 1 N–H and O–H groups in total. The molecule has 0 saturated carbocycles. The maximum Gasteiger partial charge on any atom is 0.223 e. The summed E-state index contributed by atoms with van der Waals surface area (Å²) in [7, 11) is -3.73. The van der Waals surface area contributed by atoms with Crippen LogP contribution in [0.3, 0.4) is 0 Å². The Bertz CT molecular complexity index is 1050. The monoisotopic (exact) mass is 466 g/mol. The van der Waals surface area contributed by atoms with Gasteiger partial charge in [-0.25, -0.2) is 17.1 Å². The van der Waals surface area contributed by atoms with E-state index in [-0.39, 0.29) is 41.5 Å². The SMILES string of the molecule is Cc1ccc([C@H](C)NC(=O)C2CCN(S(=O)(=O)Cc3c(F)cccc3Cl)CC2)c(C)c1. The Kier molecular flexibility index (Phi) is 7.39. The Balaban J connectivity index is 1.59. The predicted octanol–water partition coefficient (Wildman–Crippen LogP) is 4.52. The van der Waals surface area contributed by atoms with Gasteiger partial charge in [-0.1, -0.05) is 41.4 Å². The van der Waals surface area contributed by atoms with Crippen molar-refractivity contribution in [3.8, 4) is 0 Å². The summed E-state index contributed by atoms with van der Waals surface area (Å²) in [6, 6.07) is 10.1. The van der Waals surface area contributed by atoms with Crippen LogP contribution in [0.4, 0.5) is 4.39 Å². The summed E-state index contributed by atoms with van der Waals surface area (Å²) in [5, 5.41) is 3.16. The molecule has 0 bridgehead atoms. The number of carbonyl (C=O) groups is 1. The summed E-state index contributed by atoms with van der Waals surface area (Å²) in [5.41, 5.74) is 3.35. The third-order valence-corrected chi connectivity index (χ3v) is 8.02. The molecule has 1 aliphatic rings. The molecule has 5 nitrogen and oxygen atoms in total. The minimum absolute atomic E-state index is 0.0219. The number of hydrogen-bond acceptors (Lipinski definition) is 3. The van der Waals surface area contributed by atoms with E-state index in [0.29, 0.717) is 12.8 Å². The van der Waals surface area contributed by atoms with Crippen LogP contribution in [0.5, 0.6) is 0 Å². The third kappa shape index (κ3) is 5.64. The Morgan fingerprint density at radius 3 is 2.52 bits per heavy atom. The molecule has 0 aliphatic carbocycles. The largest absolute Gasteiger partial charge is 0.349 e. The van der Waals surface area contributed by atoms with Gasteiger partial charge in [0.15, 0.2) is 0 Å². The van der Waals surface area contributed by atoms with Crippen LogP contribution in [0.15, 0.2) is 36.4 Å². The van der Waals surface area contributed by atoms with E-state index in [9.17, 15) is 17.6 Å². The molecule has 2 aromatic carbocycles. The number of carbonyl (C=O) groups excluding carboxylic acids is 1. The van der Waals surface area contributed by atoms with Crippen LogP contribution in [-0.2, 0) is 20.6 Å².